The van der Waals surface area contributed by atoms with Crippen molar-refractivity contribution in [2.24, 2.45) is 17.3 Å². The molecule has 0 bridgehead atoms. The summed E-state index contributed by atoms with van der Waals surface area (Å²) in [5.74, 6) is -1.67. The quantitative estimate of drug-likeness (QED) is 0.326. The summed E-state index contributed by atoms with van der Waals surface area (Å²) in [6, 6.07) is 11.1. The van der Waals surface area contributed by atoms with E-state index in [0.717, 1.165) is 41.5 Å². The molecule has 3 aliphatic rings. The molecule has 3 aromatic rings. The third-order valence-electron chi connectivity index (χ3n) is 9.32. The minimum absolute atomic E-state index is 0.131. The number of hydrogen-bond acceptors (Lipinski definition) is 7. The van der Waals surface area contributed by atoms with Gasteiger partial charge in [0.05, 0.1) is 35.3 Å². The molecule has 0 unspecified atom stereocenters. The average Bonchev–Trinajstić information content (AvgIpc) is 3.31. The zero-order valence-electron chi connectivity index (χ0n) is 24.7. The lowest BCUT2D eigenvalue weighted by Crippen LogP contribution is -2.45. The van der Waals surface area contributed by atoms with Crippen LogP contribution in [0.15, 0.2) is 54.6 Å². The summed E-state index contributed by atoms with van der Waals surface area (Å²) in [5.41, 5.74) is 0.362. The number of halogens is 1. The lowest BCUT2D eigenvalue weighted by molar-refractivity contribution is -0.147. The number of carbonyl (C=O) groups excluding carboxylic acids is 2. The number of thiazole rings is 1. The van der Waals surface area contributed by atoms with Crippen molar-refractivity contribution in [3.63, 3.8) is 0 Å². The Hall–Kier alpha value is -3.79. The van der Waals surface area contributed by atoms with E-state index in [1.54, 1.807) is 18.1 Å². The first-order chi connectivity index (χ1) is 21.3. The van der Waals surface area contributed by atoms with Crippen LogP contribution in [0.3, 0.4) is 0 Å². The Morgan fingerprint density at radius 2 is 2.05 bits per heavy atom. The molecule has 1 N–H and O–H groups in total. The molecule has 6 rings (SSSR count). The maximum atomic E-state index is 14.3. The molecule has 1 saturated heterocycles. The van der Waals surface area contributed by atoms with Gasteiger partial charge in [0, 0.05) is 18.8 Å². The number of ketones is 1. The minimum Gasteiger partial charge on any atom is -0.497 e. The SMILES string of the molecule is COc1ccc2nc(O[C@@H]3C[C@H]4C(=O)C[C@]5(C(=O)O)C[C@@H]5/C=C\CCCCC[C@H](Cc5cccc(F)c5)C(=O)N4C3)sc2c1. The van der Waals surface area contributed by atoms with E-state index in [1.807, 2.05) is 36.4 Å². The van der Waals surface area contributed by atoms with Crippen molar-refractivity contribution in [1.82, 2.24) is 9.88 Å². The van der Waals surface area contributed by atoms with E-state index in [1.165, 1.54) is 23.5 Å². The van der Waals surface area contributed by atoms with Crippen LogP contribution < -0.4 is 9.47 Å². The minimum atomic E-state index is -1.13. The molecule has 10 heteroatoms. The van der Waals surface area contributed by atoms with E-state index in [2.05, 4.69) is 4.98 Å². The Bertz CT molecular complexity index is 1590. The number of carboxylic acid groups (broad SMARTS) is 1. The summed E-state index contributed by atoms with van der Waals surface area (Å²) in [6.07, 6.45) is 8.53. The Labute approximate surface area is 259 Å². The van der Waals surface area contributed by atoms with Gasteiger partial charge in [0.2, 0.25) is 5.91 Å². The summed E-state index contributed by atoms with van der Waals surface area (Å²) < 4.78 is 26.6. The number of aromatic nitrogens is 1. The second-order valence-corrected chi connectivity index (χ2v) is 13.3. The van der Waals surface area contributed by atoms with Crippen molar-refractivity contribution in [2.75, 3.05) is 13.7 Å². The van der Waals surface area contributed by atoms with Crippen molar-refractivity contribution >= 4 is 39.2 Å². The number of carbonyl (C=O) groups is 3. The van der Waals surface area contributed by atoms with E-state index >= 15 is 0 Å². The zero-order valence-corrected chi connectivity index (χ0v) is 25.6. The number of nitrogens with zero attached hydrogens (tertiary/aromatic N) is 2. The fraction of sp³-hybridized carbons (Fsp3) is 0.471. The maximum absolute atomic E-state index is 14.3. The third-order valence-corrected chi connectivity index (χ3v) is 10.2. The van der Waals surface area contributed by atoms with Crippen molar-refractivity contribution in [1.29, 1.82) is 0 Å². The number of aliphatic carboxylic acids is 1. The van der Waals surface area contributed by atoms with Gasteiger partial charge in [-0.15, -0.1) is 0 Å². The molecule has 0 spiro atoms. The van der Waals surface area contributed by atoms with Gasteiger partial charge in [0.1, 0.15) is 17.7 Å². The molecule has 2 fully saturated rings. The molecule has 0 radical (unpaired) electrons. The lowest BCUT2D eigenvalue weighted by Gasteiger charge is -2.29. The highest BCUT2D eigenvalue weighted by atomic mass is 32.1. The second-order valence-electron chi connectivity index (χ2n) is 12.3. The molecule has 5 atom stereocenters. The van der Waals surface area contributed by atoms with Gasteiger partial charge in [-0.05, 0) is 73.9 Å². The fourth-order valence-electron chi connectivity index (χ4n) is 6.76. The number of amides is 1. The Morgan fingerprint density at radius 1 is 1.18 bits per heavy atom. The highest BCUT2D eigenvalue weighted by molar-refractivity contribution is 7.20. The molecule has 3 heterocycles. The van der Waals surface area contributed by atoms with E-state index < -0.39 is 29.4 Å². The van der Waals surface area contributed by atoms with Crippen LogP contribution in [-0.2, 0) is 20.8 Å². The molecule has 1 amide bonds. The van der Waals surface area contributed by atoms with E-state index in [9.17, 15) is 23.9 Å². The number of ether oxygens (including phenoxy) is 2. The number of fused-ring (bicyclic) bond motifs is 3. The molecule has 44 heavy (non-hydrogen) atoms. The smallest absolute Gasteiger partial charge is 0.310 e. The molecule has 1 aromatic heterocycles. The summed E-state index contributed by atoms with van der Waals surface area (Å²) in [6.45, 7) is 0.192. The number of rotatable bonds is 6. The molecule has 8 nitrogen and oxygen atoms in total. The zero-order chi connectivity index (χ0) is 30.8. The molecular formula is C34H37FN2O6S. The number of allylic oxidation sites excluding steroid dienone is 2. The van der Waals surface area contributed by atoms with Crippen molar-refractivity contribution in [2.45, 2.75) is 69.9 Å². The van der Waals surface area contributed by atoms with E-state index in [4.69, 9.17) is 9.47 Å². The van der Waals surface area contributed by atoms with Crippen LogP contribution in [0, 0.1) is 23.1 Å². The van der Waals surface area contributed by atoms with Crippen LogP contribution in [0.2, 0.25) is 0 Å². The van der Waals surface area contributed by atoms with Gasteiger partial charge in [-0.2, -0.15) is 0 Å². The van der Waals surface area contributed by atoms with Crippen molar-refractivity contribution in [3.05, 3.63) is 66.0 Å². The Kier molecular flexibility index (Phi) is 8.71. The predicted octanol–water partition coefficient (Wildman–Crippen LogP) is 6.22. The number of carboxylic acids is 1. The van der Waals surface area contributed by atoms with Crippen LogP contribution in [-0.4, -0.2) is 58.5 Å². The average molecular weight is 621 g/mol. The van der Waals surface area contributed by atoms with Gasteiger partial charge < -0.3 is 19.5 Å². The third kappa shape index (κ3) is 6.36. The van der Waals surface area contributed by atoms with Gasteiger partial charge in [-0.3, -0.25) is 14.4 Å². The molecule has 232 valence electrons. The highest BCUT2D eigenvalue weighted by Gasteiger charge is 2.61. The van der Waals surface area contributed by atoms with Gasteiger partial charge >= 0.3 is 5.97 Å². The first-order valence-electron chi connectivity index (χ1n) is 15.3. The van der Waals surface area contributed by atoms with Crippen molar-refractivity contribution < 1.29 is 33.4 Å². The van der Waals surface area contributed by atoms with Gasteiger partial charge in [-0.1, -0.05) is 48.5 Å². The topological polar surface area (TPSA) is 106 Å². The van der Waals surface area contributed by atoms with Gasteiger partial charge in [0.15, 0.2) is 5.78 Å². The van der Waals surface area contributed by atoms with E-state index in [0.29, 0.717) is 30.2 Å². The summed E-state index contributed by atoms with van der Waals surface area (Å²) in [7, 11) is 1.60. The normalized spacial score (nSPS) is 28.5. The van der Waals surface area contributed by atoms with Crippen molar-refractivity contribution in [3.8, 4) is 10.9 Å². The number of methoxy groups -OCH3 is 1. The molecule has 1 saturated carbocycles. The number of benzene rings is 2. The largest absolute Gasteiger partial charge is 0.497 e. The Balaban J connectivity index is 1.29. The van der Waals surface area contributed by atoms with E-state index in [-0.39, 0.29) is 42.8 Å². The standard InChI is InChI=1S/C34H37FN2O6S/c1-42-25-12-13-27-30(17-25)44-33(36-27)43-26-16-28-29(38)19-34(32(40)41)18-23(34)10-6-4-2-3-5-9-22(31(39)37(28)20-26)14-21-8-7-11-24(35)15-21/h6-8,10-13,15,17,22-23,26,28H,2-5,9,14,16,18-20H2,1H3,(H,40,41)/b10-6-/t22-,23+,26-,28+,34-/m1/s1. The molecule has 2 aliphatic heterocycles. The van der Waals surface area contributed by atoms with Gasteiger partial charge in [0.25, 0.3) is 5.19 Å². The number of Topliss-reactive ketones (excluding diaryl/α,β-unsaturated/α-hetero) is 1. The fourth-order valence-corrected chi connectivity index (χ4v) is 7.67. The predicted molar refractivity (Wildman–Crippen MR) is 164 cm³/mol. The highest BCUT2D eigenvalue weighted by Crippen LogP contribution is 2.57. The monoisotopic (exact) mass is 620 g/mol. The second kappa shape index (κ2) is 12.7. The lowest BCUT2D eigenvalue weighted by atomic mass is 9.90. The number of hydrogen-bond donors (Lipinski definition) is 1. The summed E-state index contributed by atoms with van der Waals surface area (Å²) in [4.78, 5) is 46.8. The van der Waals surface area contributed by atoms with Crippen LogP contribution in [0.5, 0.6) is 10.9 Å². The molecular weight excluding hydrogens is 583 g/mol. The van der Waals surface area contributed by atoms with Gasteiger partial charge in [-0.25, -0.2) is 9.37 Å². The van der Waals surface area contributed by atoms with Crippen LogP contribution >= 0.6 is 11.3 Å². The summed E-state index contributed by atoms with van der Waals surface area (Å²) >= 11 is 1.37. The van der Waals surface area contributed by atoms with Crippen LogP contribution in [0.25, 0.3) is 10.2 Å². The first-order valence-corrected chi connectivity index (χ1v) is 16.2. The first kappa shape index (κ1) is 30.2. The Morgan fingerprint density at radius 3 is 2.84 bits per heavy atom. The molecule has 1 aliphatic carbocycles. The molecule has 2 aromatic carbocycles. The summed E-state index contributed by atoms with van der Waals surface area (Å²) in [5, 5.41) is 10.6. The van der Waals surface area contributed by atoms with Crippen LogP contribution in [0.4, 0.5) is 4.39 Å². The maximum Gasteiger partial charge on any atom is 0.310 e. The van der Waals surface area contributed by atoms with Crippen LogP contribution in [0.1, 0.15) is 56.9 Å².